The van der Waals surface area contributed by atoms with Crippen molar-refractivity contribution in [3.8, 4) is 33.4 Å². The molecule has 2 aliphatic carbocycles. The van der Waals surface area contributed by atoms with Gasteiger partial charge >= 0.3 is 0 Å². The molecule has 0 radical (unpaired) electrons. The third kappa shape index (κ3) is 3.71. The first-order chi connectivity index (χ1) is 18.0. The number of hydrogen-bond donors (Lipinski definition) is 0. The van der Waals surface area contributed by atoms with Crippen molar-refractivity contribution in [3.05, 3.63) is 106 Å². The van der Waals surface area contributed by atoms with Crippen LogP contribution in [0.3, 0.4) is 0 Å². The van der Waals surface area contributed by atoms with Crippen LogP contribution in [0.4, 0.5) is 0 Å². The van der Waals surface area contributed by atoms with Crippen molar-refractivity contribution < 1.29 is 4.79 Å². The molecular weight excluding hydrogens is 448 g/mol. The van der Waals surface area contributed by atoms with Crippen LogP contribution in [0, 0.1) is 13.8 Å². The Hall–Kier alpha value is -3.45. The lowest BCUT2D eigenvalue weighted by atomic mass is 9.70. The van der Waals surface area contributed by atoms with Crippen LogP contribution in [0.5, 0.6) is 0 Å². The van der Waals surface area contributed by atoms with E-state index in [0.717, 1.165) is 33.4 Å². The lowest BCUT2D eigenvalue weighted by molar-refractivity contribution is 0.104. The second kappa shape index (κ2) is 9.14. The maximum absolute atomic E-state index is 13.3. The summed E-state index contributed by atoms with van der Waals surface area (Å²) in [5, 5.41) is 0. The molecule has 0 atom stereocenters. The van der Waals surface area contributed by atoms with E-state index in [9.17, 15) is 4.79 Å². The molecule has 1 heteroatoms. The van der Waals surface area contributed by atoms with E-state index in [-0.39, 0.29) is 11.2 Å². The number of benzene rings is 4. The molecule has 0 bridgehead atoms. The van der Waals surface area contributed by atoms with Crippen molar-refractivity contribution in [2.75, 3.05) is 0 Å². The minimum absolute atomic E-state index is 0.0685. The molecule has 0 unspecified atom stereocenters. The highest BCUT2D eigenvalue weighted by Gasteiger charge is 2.42. The number of fused-ring (bicyclic) bond motifs is 6. The molecule has 0 saturated carbocycles. The van der Waals surface area contributed by atoms with Crippen molar-refractivity contribution in [3.63, 3.8) is 0 Å². The van der Waals surface area contributed by atoms with E-state index in [1.54, 1.807) is 0 Å². The number of carbonyl (C=O) groups excluding carboxylic acids is 1. The van der Waals surface area contributed by atoms with E-state index in [1.807, 2.05) is 6.07 Å². The molecule has 0 aromatic heterocycles. The maximum atomic E-state index is 13.3. The second-order valence-electron chi connectivity index (χ2n) is 11.2. The van der Waals surface area contributed by atoms with E-state index >= 15 is 0 Å². The Morgan fingerprint density at radius 1 is 0.541 bits per heavy atom. The lowest BCUT2D eigenvalue weighted by Gasteiger charge is -2.33. The van der Waals surface area contributed by atoms with Crippen LogP contribution in [0.15, 0.2) is 72.8 Å². The Bertz CT molecular complexity index is 1530. The zero-order valence-electron chi connectivity index (χ0n) is 22.6. The van der Waals surface area contributed by atoms with Gasteiger partial charge in [-0.2, -0.15) is 0 Å². The number of ketones is 1. The molecule has 37 heavy (non-hydrogen) atoms. The first-order valence-corrected chi connectivity index (χ1v) is 14.0. The zero-order valence-corrected chi connectivity index (χ0v) is 22.6. The lowest BCUT2D eigenvalue weighted by Crippen LogP contribution is -2.25. The van der Waals surface area contributed by atoms with Crippen molar-refractivity contribution in [2.45, 2.75) is 71.6 Å². The van der Waals surface area contributed by atoms with Gasteiger partial charge in [0, 0.05) is 16.5 Å². The standard InChI is InChI=1S/C36H36O/c1-5-7-17-36(18-8-6-2)33-20-24(4)10-14-29(33)30-16-12-26(22-34(30)36)25-11-15-28-27-13-9-23(3)19-31(27)35(37)32(28)21-25/h9-16,19-22H,5-8,17-18H2,1-4H3. The Morgan fingerprint density at radius 3 is 1.68 bits per heavy atom. The molecule has 1 nitrogen and oxygen atoms in total. The van der Waals surface area contributed by atoms with Gasteiger partial charge in [-0.3, -0.25) is 4.79 Å². The van der Waals surface area contributed by atoms with Gasteiger partial charge in [0.1, 0.15) is 0 Å². The number of hydrogen-bond acceptors (Lipinski definition) is 1. The van der Waals surface area contributed by atoms with Crippen LogP contribution < -0.4 is 0 Å². The third-order valence-corrected chi connectivity index (χ3v) is 8.74. The van der Waals surface area contributed by atoms with Gasteiger partial charge in [0.2, 0.25) is 0 Å². The highest BCUT2D eigenvalue weighted by molar-refractivity contribution is 6.22. The van der Waals surface area contributed by atoms with Gasteiger partial charge in [-0.05, 0) is 89.4 Å². The summed E-state index contributed by atoms with van der Waals surface area (Å²) in [4.78, 5) is 13.3. The van der Waals surface area contributed by atoms with Gasteiger partial charge in [-0.15, -0.1) is 0 Å². The van der Waals surface area contributed by atoms with E-state index in [0.29, 0.717) is 0 Å². The first kappa shape index (κ1) is 23.9. The molecule has 0 spiro atoms. The fraction of sp³-hybridized carbons (Fsp3) is 0.306. The summed E-state index contributed by atoms with van der Waals surface area (Å²) in [7, 11) is 0. The average Bonchev–Trinajstić information content (AvgIpc) is 3.34. The molecule has 6 rings (SSSR count). The van der Waals surface area contributed by atoms with Crippen molar-refractivity contribution in [1.82, 2.24) is 0 Å². The average molecular weight is 485 g/mol. The van der Waals surface area contributed by atoms with Crippen molar-refractivity contribution in [1.29, 1.82) is 0 Å². The summed E-state index contributed by atoms with van der Waals surface area (Å²) < 4.78 is 0. The van der Waals surface area contributed by atoms with Crippen LogP contribution in [-0.4, -0.2) is 5.78 Å². The number of unbranched alkanes of at least 4 members (excludes halogenated alkanes) is 2. The SMILES string of the molecule is CCCCC1(CCCC)c2cc(C)ccc2-c2ccc(-c3ccc4c(c3)C(=O)c3cc(C)ccc3-4)cc21. The van der Waals surface area contributed by atoms with Crippen LogP contribution in [0.2, 0.25) is 0 Å². The quantitative estimate of drug-likeness (QED) is 0.225. The predicted octanol–water partition coefficient (Wildman–Crippen LogP) is 9.83. The summed E-state index contributed by atoms with van der Waals surface area (Å²) in [6, 6.07) is 26.8. The van der Waals surface area contributed by atoms with Crippen molar-refractivity contribution in [2.24, 2.45) is 0 Å². The number of rotatable bonds is 7. The summed E-state index contributed by atoms with van der Waals surface area (Å²) in [6.07, 6.45) is 7.24. The minimum Gasteiger partial charge on any atom is -0.289 e. The fourth-order valence-corrected chi connectivity index (χ4v) is 6.78. The van der Waals surface area contributed by atoms with Gasteiger partial charge in [-0.1, -0.05) is 105 Å². The van der Waals surface area contributed by atoms with E-state index < -0.39 is 0 Å². The van der Waals surface area contributed by atoms with Crippen molar-refractivity contribution >= 4 is 5.78 Å². The molecule has 0 fully saturated rings. The Balaban J connectivity index is 1.49. The number of carbonyl (C=O) groups is 1. The minimum atomic E-state index is 0.0685. The van der Waals surface area contributed by atoms with Gasteiger partial charge in [0.05, 0.1) is 0 Å². The smallest absolute Gasteiger partial charge is 0.194 e. The van der Waals surface area contributed by atoms with Crippen LogP contribution in [0.25, 0.3) is 33.4 Å². The summed E-state index contributed by atoms with van der Waals surface area (Å²) >= 11 is 0. The van der Waals surface area contributed by atoms with Crippen LogP contribution in [0.1, 0.15) is 90.5 Å². The fourth-order valence-electron chi connectivity index (χ4n) is 6.78. The van der Waals surface area contributed by atoms with Gasteiger partial charge < -0.3 is 0 Å². The zero-order chi connectivity index (χ0) is 25.7. The topological polar surface area (TPSA) is 17.1 Å². The van der Waals surface area contributed by atoms with E-state index in [4.69, 9.17) is 0 Å². The van der Waals surface area contributed by atoms with Gasteiger partial charge in [-0.25, -0.2) is 0 Å². The Labute approximate surface area is 221 Å². The molecule has 0 heterocycles. The van der Waals surface area contributed by atoms with Crippen LogP contribution in [-0.2, 0) is 5.41 Å². The maximum Gasteiger partial charge on any atom is 0.194 e. The highest BCUT2D eigenvalue weighted by Crippen LogP contribution is 2.55. The first-order valence-electron chi connectivity index (χ1n) is 14.0. The molecule has 0 N–H and O–H groups in total. The van der Waals surface area contributed by atoms with E-state index in [1.165, 1.54) is 71.9 Å². The predicted molar refractivity (Wildman–Crippen MR) is 155 cm³/mol. The molecule has 4 aromatic carbocycles. The summed E-state index contributed by atoms with van der Waals surface area (Å²) in [5.41, 5.74) is 14.5. The van der Waals surface area contributed by atoms with E-state index in [2.05, 4.69) is 94.4 Å². The third-order valence-electron chi connectivity index (χ3n) is 8.74. The Kier molecular flexibility index (Phi) is 5.91. The molecule has 0 amide bonds. The molecule has 2 aliphatic rings. The normalized spacial score (nSPS) is 14.3. The Morgan fingerprint density at radius 2 is 1.03 bits per heavy atom. The molecule has 0 aliphatic heterocycles. The molecule has 0 saturated heterocycles. The summed E-state index contributed by atoms with van der Waals surface area (Å²) in [5.74, 6) is 0.153. The number of aryl methyl sites for hydroxylation is 2. The summed E-state index contributed by atoms with van der Waals surface area (Å²) in [6.45, 7) is 8.88. The van der Waals surface area contributed by atoms with Gasteiger partial charge in [0.25, 0.3) is 0 Å². The molecule has 186 valence electrons. The van der Waals surface area contributed by atoms with Crippen LogP contribution >= 0.6 is 0 Å². The second-order valence-corrected chi connectivity index (χ2v) is 11.2. The molecular formula is C36H36O. The highest BCUT2D eigenvalue weighted by atomic mass is 16.1. The monoisotopic (exact) mass is 484 g/mol. The largest absolute Gasteiger partial charge is 0.289 e. The van der Waals surface area contributed by atoms with Gasteiger partial charge in [0.15, 0.2) is 5.78 Å². The molecule has 4 aromatic rings.